The van der Waals surface area contributed by atoms with E-state index in [9.17, 15) is 0 Å². The first-order chi connectivity index (χ1) is 8.25. The minimum absolute atomic E-state index is 0.583. The molecule has 0 aliphatic carbocycles. The zero-order chi connectivity index (χ0) is 12.1. The van der Waals surface area contributed by atoms with Crippen LogP contribution in [0.4, 0.5) is 0 Å². The summed E-state index contributed by atoms with van der Waals surface area (Å²) in [7, 11) is 0. The first-order valence-corrected chi connectivity index (χ1v) is 8.11. The summed E-state index contributed by atoms with van der Waals surface area (Å²) < 4.78 is 1.23. The fourth-order valence-corrected chi connectivity index (χ4v) is 3.80. The van der Waals surface area contributed by atoms with Gasteiger partial charge in [0.25, 0.3) is 0 Å². The van der Waals surface area contributed by atoms with E-state index in [4.69, 9.17) is 0 Å². The van der Waals surface area contributed by atoms with Crippen LogP contribution in [0, 0.1) is 0 Å². The summed E-state index contributed by atoms with van der Waals surface area (Å²) in [5.41, 5.74) is 0. The highest BCUT2D eigenvalue weighted by atomic mass is 79.9. The van der Waals surface area contributed by atoms with Crippen molar-refractivity contribution in [1.82, 2.24) is 10.6 Å². The Morgan fingerprint density at radius 2 is 2.47 bits per heavy atom. The number of piperidine rings is 1. The Balaban J connectivity index is 1.70. The Bertz CT molecular complexity index is 334. The van der Waals surface area contributed by atoms with Gasteiger partial charge in [-0.15, -0.1) is 11.3 Å². The number of rotatable bonds is 5. The molecule has 0 bridgehead atoms. The summed E-state index contributed by atoms with van der Waals surface area (Å²) in [5.74, 6) is 0. The predicted octanol–water partition coefficient (Wildman–Crippen LogP) is 3.52. The fraction of sp³-hybridized carbons (Fsp3) is 0.692. The van der Waals surface area contributed by atoms with Gasteiger partial charge in [-0.25, -0.2) is 0 Å². The predicted molar refractivity (Wildman–Crippen MR) is 78.6 cm³/mol. The van der Waals surface area contributed by atoms with E-state index in [0.717, 1.165) is 12.6 Å². The van der Waals surface area contributed by atoms with Crippen molar-refractivity contribution in [3.8, 4) is 0 Å². The lowest BCUT2D eigenvalue weighted by Gasteiger charge is -2.26. The third-order valence-electron chi connectivity index (χ3n) is 3.35. The van der Waals surface area contributed by atoms with E-state index in [1.165, 1.54) is 41.6 Å². The van der Waals surface area contributed by atoms with E-state index in [1.54, 1.807) is 0 Å². The Morgan fingerprint density at radius 1 is 1.59 bits per heavy atom. The summed E-state index contributed by atoms with van der Waals surface area (Å²) in [6, 6.07) is 3.42. The maximum atomic E-state index is 3.61. The Kier molecular flexibility index (Phi) is 5.48. The molecule has 1 aromatic heterocycles. The Labute approximate surface area is 116 Å². The van der Waals surface area contributed by atoms with Gasteiger partial charge >= 0.3 is 0 Å². The Morgan fingerprint density at radius 3 is 3.12 bits per heavy atom. The third kappa shape index (κ3) is 4.36. The molecule has 0 amide bonds. The summed E-state index contributed by atoms with van der Waals surface area (Å²) in [6.45, 7) is 4.47. The lowest BCUT2D eigenvalue weighted by Crippen LogP contribution is -2.39. The highest BCUT2D eigenvalue weighted by Gasteiger charge is 2.15. The first kappa shape index (κ1) is 13.5. The average Bonchev–Trinajstić information content (AvgIpc) is 2.74. The van der Waals surface area contributed by atoms with Crippen LogP contribution in [0.3, 0.4) is 0 Å². The maximum Gasteiger partial charge on any atom is 0.0327 e. The summed E-state index contributed by atoms with van der Waals surface area (Å²) >= 11 is 5.39. The zero-order valence-corrected chi connectivity index (χ0v) is 12.7. The molecule has 4 heteroatoms. The van der Waals surface area contributed by atoms with Crippen LogP contribution in [0.15, 0.2) is 15.9 Å². The molecule has 17 heavy (non-hydrogen) atoms. The van der Waals surface area contributed by atoms with Crippen LogP contribution in [0.5, 0.6) is 0 Å². The third-order valence-corrected chi connectivity index (χ3v) is 5.28. The minimum atomic E-state index is 0.583. The van der Waals surface area contributed by atoms with E-state index in [0.29, 0.717) is 6.04 Å². The summed E-state index contributed by atoms with van der Waals surface area (Å²) in [5, 5.41) is 9.35. The molecule has 2 unspecified atom stereocenters. The molecule has 2 atom stereocenters. The molecule has 0 spiro atoms. The molecule has 0 saturated carbocycles. The lowest BCUT2D eigenvalue weighted by atomic mass is 9.99. The standard InChI is InChI=1S/C13H21BrN2S/c1-10(8-11-4-2-3-6-15-11)16-9-13-12(14)5-7-17-13/h5,7,10-11,15-16H,2-4,6,8-9H2,1H3. The molecular weight excluding hydrogens is 296 g/mol. The minimum Gasteiger partial charge on any atom is -0.314 e. The van der Waals surface area contributed by atoms with Gasteiger partial charge in [-0.3, -0.25) is 0 Å². The molecule has 2 nitrogen and oxygen atoms in total. The number of nitrogens with one attached hydrogen (secondary N) is 2. The van der Waals surface area contributed by atoms with Crippen molar-refractivity contribution in [3.05, 3.63) is 20.8 Å². The molecule has 1 aromatic rings. The molecule has 1 fully saturated rings. The average molecular weight is 317 g/mol. The molecule has 2 heterocycles. The SMILES string of the molecule is CC(CC1CCCCN1)NCc1sccc1Br. The number of halogens is 1. The van der Waals surface area contributed by atoms with Gasteiger partial charge in [0.05, 0.1) is 0 Å². The quantitative estimate of drug-likeness (QED) is 0.868. The van der Waals surface area contributed by atoms with Gasteiger partial charge in [0.15, 0.2) is 0 Å². The van der Waals surface area contributed by atoms with Crippen LogP contribution >= 0.6 is 27.3 Å². The van der Waals surface area contributed by atoms with Crippen LogP contribution in [0.1, 0.15) is 37.5 Å². The van der Waals surface area contributed by atoms with Gasteiger partial charge in [0.1, 0.15) is 0 Å². The largest absolute Gasteiger partial charge is 0.314 e. The molecule has 1 aliphatic heterocycles. The van der Waals surface area contributed by atoms with Gasteiger partial charge < -0.3 is 10.6 Å². The molecule has 2 rings (SSSR count). The van der Waals surface area contributed by atoms with E-state index in [-0.39, 0.29) is 0 Å². The smallest absolute Gasteiger partial charge is 0.0327 e. The normalized spacial score (nSPS) is 22.6. The number of thiophene rings is 1. The van der Waals surface area contributed by atoms with Crippen LogP contribution in [-0.4, -0.2) is 18.6 Å². The monoisotopic (exact) mass is 316 g/mol. The van der Waals surface area contributed by atoms with E-state index in [2.05, 4.69) is 44.9 Å². The lowest BCUT2D eigenvalue weighted by molar-refractivity contribution is 0.345. The highest BCUT2D eigenvalue weighted by Crippen LogP contribution is 2.22. The van der Waals surface area contributed by atoms with Crippen molar-refractivity contribution in [1.29, 1.82) is 0 Å². The van der Waals surface area contributed by atoms with Crippen LogP contribution < -0.4 is 10.6 Å². The van der Waals surface area contributed by atoms with E-state index < -0.39 is 0 Å². The summed E-state index contributed by atoms with van der Waals surface area (Å²) in [6.07, 6.45) is 5.32. The van der Waals surface area contributed by atoms with Crippen molar-refractivity contribution in [2.24, 2.45) is 0 Å². The van der Waals surface area contributed by atoms with E-state index >= 15 is 0 Å². The molecule has 1 saturated heterocycles. The second-order valence-electron chi connectivity index (χ2n) is 4.86. The van der Waals surface area contributed by atoms with Crippen molar-refractivity contribution < 1.29 is 0 Å². The Hall–Kier alpha value is 0.100. The fourth-order valence-electron chi connectivity index (χ4n) is 2.35. The molecule has 0 radical (unpaired) electrons. The summed E-state index contributed by atoms with van der Waals surface area (Å²) in [4.78, 5) is 1.40. The molecule has 96 valence electrons. The van der Waals surface area contributed by atoms with Crippen molar-refractivity contribution >= 4 is 27.3 Å². The van der Waals surface area contributed by atoms with Crippen LogP contribution in [0.25, 0.3) is 0 Å². The van der Waals surface area contributed by atoms with Gasteiger partial charge in [0, 0.05) is 28.0 Å². The second kappa shape index (κ2) is 6.88. The molecule has 0 aromatic carbocycles. The number of hydrogen-bond donors (Lipinski definition) is 2. The first-order valence-electron chi connectivity index (χ1n) is 6.44. The van der Waals surface area contributed by atoms with Gasteiger partial charge in [0.2, 0.25) is 0 Å². The van der Waals surface area contributed by atoms with Gasteiger partial charge in [-0.2, -0.15) is 0 Å². The van der Waals surface area contributed by atoms with Gasteiger partial charge in [-0.1, -0.05) is 6.42 Å². The zero-order valence-electron chi connectivity index (χ0n) is 10.3. The van der Waals surface area contributed by atoms with Gasteiger partial charge in [-0.05, 0) is 60.1 Å². The van der Waals surface area contributed by atoms with Crippen LogP contribution in [-0.2, 0) is 6.54 Å². The highest BCUT2D eigenvalue weighted by molar-refractivity contribution is 9.10. The number of hydrogen-bond acceptors (Lipinski definition) is 3. The van der Waals surface area contributed by atoms with Crippen molar-refractivity contribution in [2.45, 2.75) is 51.2 Å². The maximum absolute atomic E-state index is 3.61. The van der Waals surface area contributed by atoms with Crippen molar-refractivity contribution in [3.63, 3.8) is 0 Å². The second-order valence-corrected chi connectivity index (χ2v) is 6.71. The van der Waals surface area contributed by atoms with E-state index in [1.807, 2.05) is 11.3 Å². The van der Waals surface area contributed by atoms with Crippen molar-refractivity contribution in [2.75, 3.05) is 6.54 Å². The molecule has 2 N–H and O–H groups in total. The topological polar surface area (TPSA) is 24.1 Å². The molecular formula is C13H21BrN2S. The van der Waals surface area contributed by atoms with Crippen LogP contribution in [0.2, 0.25) is 0 Å². The molecule has 1 aliphatic rings.